The molecule has 2 N–H and O–H groups in total. The van der Waals surface area contributed by atoms with E-state index in [9.17, 15) is 9.18 Å². The van der Waals surface area contributed by atoms with Crippen LogP contribution in [0, 0.1) is 12.7 Å². The molecule has 0 bridgehead atoms. The molecule has 1 amide bonds. The van der Waals surface area contributed by atoms with Gasteiger partial charge in [0.15, 0.2) is 0 Å². The molecule has 0 atom stereocenters. The molecule has 0 aliphatic carbocycles. The van der Waals surface area contributed by atoms with Gasteiger partial charge in [-0.1, -0.05) is 29.8 Å². The van der Waals surface area contributed by atoms with Gasteiger partial charge in [0.1, 0.15) is 11.5 Å². The van der Waals surface area contributed by atoms with E-state index in [4.69, 9.17) is 5.73 Å². The van der Waals surface area contributed by atoms with E-state index < -0.39 is 0 Å². The van der Waals surface area contributed by atoms with Gasteiger partial charge in [0.05, 0.1) is 11.3 Å². The van der Waals surface area contributed by atoms with E-state index in [2.05, 4.69) is 5.10 Å². The summed E-state index contributed by atoms with van der Waals surface area (Å²) in [6.07, 6.45) is 3.34. The molecule has 1 aromatic heterocycles. The topological polar surface area (TPSA) is 64.2 Å². The van der Waals surface area contributed by atoms with Crippen molar-refractivity contribution in [3.63, 3.8) is 0 Å². The highest BCUT2D eigenvalue weighted by Gasteiger charge is 2.26. The third-order valence-electron chi connectivity index (χ3n) is 5.19. The molecule has 1 fully saturated rings. The molecule has 4 rings (SSSR count). The van der Waals surface area contributed by atoms with E-state index >= 15 is 0 Å². The molecule has 0 spiro atoms. The van der Waals surface area contributed by atoms with Crippen molar-refractivity contribution in [1.82, 2.24) is 14.7 Å². The van der Waals surface area contributed by atoms with E-state index in [0.29, 0.717) is 30.0 Å². The maximum absolute atomic E-state index is 13.3. The number of nitrogens with two attached hydrogens (primary N) is 1. The summed E-state index contributed by atoms with van der Waals surface area (Å²) in [6.45, 7) is 3.31. The molecule has 3 aromatic rings. The number of hydrogen-bond acceptors (Lipinski definition) is 3. The quantitative estimate of drug-likeness (QED) is 0.705. The lowest BCUT2D eigenvalue weighted by Crippen LogP contribution is -2.42. The number of carbonyl (C=O) groups is 1. The Morgan fingerprint density at radius 3 is 2.31 bits per heavy atom. The summed E-state index contributed by atoms with van der Waals surface area (Å²) in [5, 5.41) is 4.66. The number of aryl methyl sites for hydroxylation is 1. The van der Waals surface area contributed by atoms with Crippen LogP contribution in [-0.4, -0.2) is 39.7 Å². The van der Waals surface area contributed by atoms with E-state index in [0.717, 1.165) is 24.0 Å². The summed E-state index contributed by atoms with van der Waals surface area (Å²) in [5.74, 6) is -0.355. The molecule has 1 aliphatic heterocycles. The summed E-state index contributed by atoms with van der Waals surface area (Å²) in [4.78, 5) is 15.1. The minimum absolute atomic E-state index is 0. The normalized spacial score (nSPS) is 14.5. The number of hydrogen-bond donors (Lipinski definition) is 1. The van der Waals surface area contributed by atoms with Gasteiger partial charge in [-0.3, -0.25) is 4.79 Å². The van der Waals surface area contributed by atoms with Crippen molar-refractivity contribution >= 4 is 18.3 Å². The first kappa shape index (κ1) is 21.0. The molecule has 2 aromatic carbocycles. The fraction of sp³-hybridized carbons (Fsp3) is 0.273. The molecular weight excluding hydrogens is 391 g/mol. The van der Waals surface area contributed by atoms with Gasteiger partial charge in [-0.2, -0.15) is 5.10 Å². The van der Waals surface area contributed by atoms with Crippen LogP contribution in [0.3, 0.4) is 0 Å². The second kappa shape index (κ2) is 8.76. The fourth-order valence-corrected chi connectivity index (χ4v) is 3.45. The molecular formula is C22H24ClFN4O. The minimum Gasteiger partial charge on any atom is -0.338 e. The number of piperidine rings is 1. The monoisotopic (exact) mass is 414 g/mol. The van der Waals surface area contributed by atoms with Crippen LogP contribution in [-0.2, 0) is 0 Å². The van der Waals surface area contributed by atoms with E-state index in [-0.39, 0.29) is 30.2 Å². The van der Waals surface area contributed by atoms with Crippen molar-refractivity contribution in [1.29, 1.82) is 0 Å². The lowest BCUT2D eigenvalue weighted by atomic mass is 10.0. The van der Waals surface area contributed by atoms with Crippen molar-refractivity contribution < 1.29 is 9.18 Å². The fourth-order valence-electron chi connectivity index (χ4n) is 3.45. The van der Waals surface area contributed by atoms with Crippen molar-refractivity contribution in [3.05, 3.63) is 71.7 Å². The smallest absolute Gasteiger partial charge is 0.257 e. The summed E-state index contributed by atoms with van der Waals surface area (Å²) < 4.78 is 14.9. The standard InChI is InChI=1S/C22H23FN4O.ClH/c1-15-2-4-16(5-3-15)21-20(22(28)26-12-10-18(24)11-13-26)14-27(25-21)19-8-6-17(23)7-9-19;/h2-9,14,18H,10-13,24H2,1H3;1H. The average Bonchev–Trinajstić information content (AvgIpc) is 3.14. The van der Waals surface area contributed by atoms with Gasteiger partial charge in [0.2, 0.25) is 0 Å². The third kappa shape index (κ3) is 4.49. The Kier molecular flexibility index (Phi) is 6.35. The SMILES string of the molecule is Cc1ccc(-c2nn(-c3ccc(F)cc3)cc2C(=O)N2CCC(N)CC2)cc1.Cl. The molecule has 1 aliphatic rings. The number of aromatic nitrogens is 2. The number of nitrogens with zero attached hydrogens (tertiary/aromatic N) is 3. The van der Waals surface area contributed by atoms with Gasteiger partial charge in [-0.15, -0.1) is 12.4 Å². The van der Waals surface area contributed by atoms with Gasteiger partial charge < -0.3 is 10.6 Å². The second-order valence-corrected chi connectivity index (χ2v) is 7.31. The lowest BCUT2D eigenvalue weighted by molar-refractivity contribution is 0.0715. The van der Waals surface area contributed by atoms with Crippen LogP contribution in [0.2, 0.25) is 0 Å². The van der Waals surface area contributed by atoms with Gasteiger partial charge in [-0.05, 0) is 44.0 Å². The summed E-state index contributed by atoms with van der Waals surface area (Å²) >= 11 is 0. The highest BCUT2D eigenvalue weighted by Crippen LogP contribution is 2.26. The van der Waals surface area contributed by atoms with Crippen molar-refractivity contribution in [3.8, 4) is 16.9 Å². The highest BCUT2D eigenvalue weighted by atomic mass is 35.5. The highest BCUT2D eigenvalue weighted by molar-refractivity contribution is 6.00. The summed E-state index contributed by atoms with van der Waals surface area (Å²) in [5.41, 5.74) is 9.87. The first-order valence-corrected chi connectivity index (χ1v) is 9.49. The van der Waals surface area contributed by atoms with Crippen LogP contribution in [0.1, 0.15) is 28.8 Å². The maximum atomic E-state index is 13.3. The largest absolute Gasteiger partial charge is 0.338 e. The third-order valence-corrected chi connectivity index (χ3v) is 5.19. The van der Waals surface area contributed by atoms with Gasteiger partial charge in [0.25, 0.3) is 5.91 Å². The van der Waals surface area contributed by atoms with Crippen LogP contribution >= 0.6 is 12.4 Å². The first-order valence-electron chi connectivity index (χ1n) is 9.49. The number of carbonyl (C=O) groups excluding carboxylic acids is 1. The summed E-state index contributed by atoms with van der Waals surface area (Å²) in [6, 6.07) is 14.2. The Bertz CT molecular complexity index is 977. The first-order chi connectivity index (χ1) is 13.5. The van der Waals surface area contributed by atoms with E-state index in [1.807, 2.05) is 36.1 Å². The number of halogens is 2. The molecule has 0 saturated carbocycles. The maximum Gasteiger partial charge on any atom is 0.257 e. The number of likely N-dealkylation sites (tertiary alicyclic amines) is 1. The second-order valence-electron chi connectivity index (χ2n) is 7.31. The van der Waals surface area contributed by atoms with Crippen LogP contribution < -0.4 is 5.73 Å². The van der Waals surface area contributed by atoms with Crippen molar-refractivity contribution in [2.24, 2.45) is 5.73 Å². The number of rotatable bonds is 3. The van der Waals surface area contributed by atoms with Crippen molar-refractivity contribution in [2.75, 3.05) is 13.1 Å². The molecule has 152 valence electrons. The van der Waals surface area contributed by atoms with Crippen LogP contribution in [0.5, 0.6) is 0 Å². The molecule has 0 radical (unpaired) electrons. The number of benzene rings is 2. The Labute approximate surface area is 175 Å². The zero-order valence-electron chi connectivity index (χ0n) is 16.2. The predicted molar refractivity (Wildman–Crippen MR) is 114 cm³/mol. The Hall–Kier alpha value is -2.70. The van der Waals surface area contributed by atoms with Crippen LogP contribution in [0.15, 0.2) is 54.7 Å². The average molecular weight is 415 g/mol. The predicted octanol–water partition coefficient (Wildman–Crippen LogP) is 3.97. The zero-order valence-corrected chi connectivity index (χ0v) is 17.0. The van der Waals surface area contributed by atoms with Gasteiger partial charge in [-0.25, -0.2) is 9.07 Å². The van der Waals surface area contributed by atoms with Crippen LogP contribution in [0.4, 0.5) is 4.39 Å². The minimum atomic E-state index is -0.310. The molecule has 5 nitrogen and oxygen atoms in total. The lowest BCUT2D eigenvalue weighted by Gasteiger charge is -2.30. The Morgan fingerprint density at radius 2 is 1.69 bits per heavy atom. The van der Waals surface area contributed by atoms with E-state index in [1.165, 1.54) is 12.1 Å². The molecule has 0 unspecified atom stereocenters. The molecule has 29 heavy (non-hydrogen) atoms. The van der Waals surface area contributed by atoms with Gasteiger partial charge >= 0.3 is 0 Å². The summed E-state index contributed by atoms with van der Waals surface area (Å²) in [7, 11) is 0. The van der Waals surface area contributed by atoms with E-state index in [1.54, 1.807) is 23.0 Å². The van der Waals surface area contributed by atoms with Crippen LogP contribution in [0.25, 0.3) is 16.9 Å². The zero-order chi connectivity index (χ0) is 19.7. The Morgan fingerprint density at radius 1 is 1.07 bits per heavy atom. The molecule has 2 heterocycles. The van der Waals surface area contributed by atoms with Crippen molar-refractivity contribution in [2.45, 2.75) is 25.8 Å². The molecule has 1 saturated heterocycles. The molecule has 7 heteroatoms. The number of amides is 1. The Balaban J connectivity index is 0.00000240. The van der Waals surface area contributed by atoms with Gasteiger partial charge in [0, 0.05) is 30.9 Å².